The Labute approximate surface area is 80.9 Å². The molecule has 0 aromatic carbocycles. The van der Waals surface area contributed by atoms with Crippen LogP contribution in [0.5, 0.6) is 0 Å². The van der Waals surface area contributed by atoms with Gasteiger partial charge in [0, 0.05) is 5.92 Å². The van der Waals surface area contributed by atoms with Crippen molar-refractivity contribution in [2.75, 3.05) is 0 Å². The predicted molar refractivity (Wildman–Crippen MR) is 46.7 cm³/mol. The van der Waals surface area contributed by atoms with Crippen molar-refractivity contribution >= 4 is 5.97 Å². The molecule has 1 N–H and O–H groups in total. The molecule has 0 aliphatic heterocycles. The Hall–Kier alpha value is -1.46. The number of hydrogen-bond donors (Lipinski definition) is 1. The van der Waals surface area contributed by atoms with Crippen molar-refractivity contribution in [3.8, 4) is 0 Å². The number of aliphatic carboxylic acids is 1. The van der Waals surface area contributed by atoms with E-state index in [1.165, 1.54) is 6.42 Å². The van der Waals surface area contributed by atoms with E-state index in [4.69, 9.17) is 5.11 Å². The van der Waals surface area contributed by atoms with Gasteiger partial charge in [-0.1, -0.05) is 6.42 Å². The monoisotopic (exact) mass is 196 g/mol. The van der Waals surface area contributed by atoms with Crippen LogP contribution in [-0.2, 0) is 11.3 Å². The third-order valence-electron chi connectivity index (χ3n) is 2.57. The van der Waals surface area contributed by atoms with Crippen LogP contribution < -0.4 is 0 Å². The summed E-state index contributed by atoms with van der Waals surface area (Å²) in [4.78, 5) is 10.4. The summed E-state index contributed by atoms with van der Waals surface area (Å²) in [6.45, 7) is 0.369. The maximum atomic E-state index is 10.4. The topological polar surface area (TPSA) is 80.9 Å². The van der Waals surface area contributed by atoms with E-state index in [0.29, 0.717) is 12.5 Å². The van der Waals surface area contributed by atoms with Crippen molar-refractivity contribution < 1.29 is 9.90 Å². The van der Waals surface area contributed by atoms with Gasteiger partial charge >= 0.3 is 5.97 Å². The molecule has 0 radical (unpaired) electrons. The minimum atomic E-state index is -0.819. The van der Waals surface area contributed by atoms with Gasteiger partial charge in [0.05, 0.1) is 13.0 Å². The number of carboxylic acids is 1. The summed E-state index contributed by atoms with van der Waals surface area (Å²) < 4.78 is 1.61. The van der Waals surface area contributed by atoms with E-state index in [9.17, 15) is 4.79 Å². The molecule has 0 unspecified atom stereocenters. The molecule has 76 valence electrons. The molecule has 2 rings (SSSR count). The van der Waals surface area contributed by atoms with E-state index < -0.39 is 5.97 Å². The van der Waals surface area contributed by atoms with Gasteiger partial charge in [-0.3, -0.25) is 4.79 Å². The molecular formula is C8H12N4O2. The Bertz CT molecular complexity index is 332. The summed E-state index contributed by atoms with van der Waals surface area (Å²) in [5, 5.41) is 19.8. The van der Waals surface area contributed by atoms with Gasteiger partial charge in [0.25, 0.3) is 0 Å². The van der Waals surface area contributed by atoms with Crippen LogP contribution in [-0.4, -0.2) is 31.3 Å². The quantitative estimate of drug-likeness (QED) is 0.754. The summed E-state index contributed by atoms with van der Waals surface area (Å²) in [6.07, 6.45) is 3.53. The standard InChI is InChI=1S/C8H12N4O2/c13-7(14)4-5-12-8(9-10-11-12)6-2-1-3-6/h6H,1-5H2,(H,13,14). The molecule has 6 heteroatoms. The van der Waals surface area contributed by atoms with Crippen molar-refractivity contribution in [3.63, 3.8) is 0 Å². The molecule has 0 spiro atoms. The predicted octanol–water partition coefficient (Wildman–Crippen LogP) is 0.415. The molecule has 6 nitrogen and oxygen atoms in total. The number of carbonyl (C=O) groups is 1. The van der Waals surface area contributed by atoms with Gasteiger partial charge in [0.2, 0.25) is 0 Å². The van der Waals surface area contributed by atoms with Crippen LogP contribution in [0.2, 0.25) is 0 Å². The average Bonchev–Trinajstić information content (AvgIpc) is 2.46. The van der Waals surface area contributed by atoms with Crippen LogP contribution in [0.1, 0.15) is 37.4 Å². The molecule has 0 atom stereocenters. The molecule has 1 aliphatic carbocycles. The molecule has 14 heavy (non-hydrogen) atoms. The number of carboxylic acid groups (broad SMARTS) is 1. The Kier molecular flexibility index (Phi) is 2.43. The maximum absolute atomic E-state index is 10.4. The van der Waals surface area contributed by atoms with Crippen LogP contribution in [0.4, 0.5) is 0 Å². The third-order valence-corrected chi connectivity index (χ3v) is 2.57. The van der Waals surface area contributed by atoms with E-state index in [-0.39, 0.29) is 6.42 Å². The van der Waals surface area contributed by atoms with Crippen molar-refractivity contribution in [2.45, 2.75) is 38.1 Å². The lowest BCUT2D eigenvalue weighted by Gasteiger charge is -2.23. The zero-order valence-corrected chi connectivity index (χ0v) is 7.76. The highest BCUT2D eigenvalue weighted by Gasteiger charge is 2.25. The zero-order valence-electron chi connectivity index (χ0n) is 7.76. The zero-order chi connectivity index (χ0) is 9.97. The average molecular weight is 196 g/mol. The summed E-state index contributed by atoms with van der Waals surface area (Å²) in [5.74, 6) is 0.469. The second-order valence-corrected chi connectivity index (χ2v) is 3.53. The SMILES string of the molecule is O=C(O)CCn1nnnc1C1CCC1. The van der Waals surface area contributed by atoms with E-state index in [0.717, 1.165) is 18.7 Å². The van der Waals surface area contributed by atoms with Crippen molar-refractivity contribution in [3.05, 3.63) is 5.82 Å². The smallest absolute Gasteiger partial charge is 0.305 e. The Balaban J connectivity index is 2.01. The maximum Gasteiger partial charge on any atom is 0.305 e. The Morgan fingerprint density at radius 1 is 1.57 bits per heavy atom. The molecular weight excluding hydrogens is 184 g/mol. The van der Waals surface area contributed by atoms with E-state index >= 15 is 0 Å². The van der Waals surface area contributed by atoms with Crippen LogP contribution in [0.15, 0.2) is 0 Å². The highest BCUT2D eigenvalue weighted by Crippen LogP contribution is 2.34. The number of hydrogen-bond acceptors (Lipinski definition) is 4. The van der Waals surface area contributed by atoms with E-state index in [2.05, 4.69) is 15.5 Å². The Morgan fingerprint density at radius 2 is 2.36 bits per heavy atom. The van der Waals surface area contributed by atoms with Crippen LogP contribution in [0.25, 0.3) is 0 Å². The van der Waals surface area contributed by atoms with E-state index in [1.807, 2.05) is 0 Å². The Morgan fingerprint density at radius 3 is 2.93 bits per heavy atom. The van der Waals surface area contributed by atoms with Gasteiger partial charge < -0.3 is 5.11 Å². The first kappa shape index (κ1) is 9.11. The highest BCUT2D eigenvalue weighted by atomic mass is 16.4. The van der Waals surface area contributed by atoms with Crippen LogP contribution in [0, 0.1) is 0 Å². The molecule has 1 aliphatic rings. The second kappa shape index (κ2) is 3.73. The van der Waals surface area contributed by atoms with Gasteiger partial charge in [-0.15, -0.1) is 5.10 Å². The molecule has 0 amide bonds. The third kappa shape index (κ3) is 1.73. The lowest BCUT2D eigenvalue weighted by molar-refractivity contribution is -0.137. The fraction of sp³-hybridized carbons (Fsp3) is 0.750. The molecule has 1 fully saturated rings. The van der Waals surface area contributed by atoms with Gasteiger partial charge in [-0.05, 0) is 23.3 Å². The summed E-state index contributed by atoms with van der Waals surface area (Å²) in [5.41, 5.74) is 0. The van der Waals surface area contributed by atoms with Crippen molar-refractivity contribution in [2.24, 2.45) is 0 Å². The molecule has 1 aromatic rings. The van der Waals surface area contributed by atoms with Crippen LogP contribution >= 0.6 is 0 Å². The van der Waals surface area contributed by atoms with Gasteiger partial charge in [0.15, 0.2) is 5.82 Å². The second-order valence-electron chi connectivity index (χ2n) is 3.53. The fourth-order valence-electron chi connectivity index (χ4n) is 1.53. The van der Waals surface area contributed by atoms with Crippen molar-refractivity contribution in [1.82, 2.24) is 20.2 Å². The first-order valence-corrected chi connectivity index (χ1v) is 4.75. The summed E-state index contributed by atoms with van der Waals surface area (Å²) >= 11 is 0. The van der Waals surface area contributed by atoms with Gasteiger partial charge in [0.1, 0.15) is 0 Å². The fourth-order valence-corrected chi connectivity index (χ4v) is 1.53. The molecule has 1 aromatic heterocycles. The summed E-state index contributed by atoms with van der Waals surface area (Å²) in [7, 11) is 0. The summed E-state index contributed by atoms with van der Waals surface area (Å²) in [6, 6.07) is 0. The van der Waals surface area contributed by atoms with E-state index in [1.54, 1.807) is 4.68 Å². The largest absolute Gasteiger partial charge is 0.481 e. The minimum absolute atomic E-state index is 0.0742. The van der Waals surface area contributed by atoms with Crippen molar-refractivity contribution in [1.29, 1.82) is 0 Å². The number of rotatable bonds is 4. The first-order chi connectivity index (χ1) is 6.77. The number of aromatic nitrogens is 4. The number of aryl methyl sites for hydroxylation is 1. The molecule has 1 heterocycles. The van der Waals surface area contributed by atoms with Gasteiger partial charge in [-0.25, -0.2) is 4.68 Å². The number of tetrazole rings is 1. The number of nitrogens with zero attached hydrogens (tertiary/aromatic N) is 4. The molecule has 0 saturated heterocycles. The molecule has 1 saturated carbocycles. The first-order valence-electron chi connectivity index (χ1n) is 4.75. The van der Waals surface area contributed by atoms with Crippen LogP contribution in [0.3, 0.4) is 0 Å². The molecule has 0 bridgehead atoms. The lowest BCUT2D eigenvalue weighted by Crippen LogP contribution is -2.17. The lowest BCUT2D eigenvalue weighted by atomic mass is 9.85. The van der Waals surface area contributed by atoms with Gasteiger partial charge in [-0.2, -0.15) is 0 Å². The normalized spacial score (nSPS) is 16.6. The minimum Gasteiger partial charge on any atom is -0.481 e. The highest BCUT2D eigenvalue weighted by molar-refractivity contribution is 5.66.